The molecule has 1 aliphatic heterocycles. The van der Waals surface area contributed by atoms with Crippen LogP contribution in [0.25, 0.3) is 0 Å². The van der Waals surface area contributed by atoms with Crippen LogP contribution >= 0.6 is 0 Å². The van der Waals surface area contributed by atoms with E-state index in [2.05, 4.69) is 19.2 Å². The maximum atomic E-state index is 12.8. The van der Waals surface area contributed by atoms with Crippen LogP contribution in [0.2, 0.25) is 0 Å². The summed E-state index contributed by atoms with van der Waals surface area (Å²) in [5.74, 6) is -0.704. The van der Waals surface area contributed by atoms with E-state index in [1.165, 1.54) is 44.9 Å². The molecule has 0 aromatic rings. The highest BCUT2D eigenvalue weighted by Crippen LogP contribution is 2.23. The topological polar surface area (TPSA) is 189 Å². The molecule has 0 radical (unpaired) electrons. The molecule has 0 saturated carbocycles. The molecule has 0 spiro atoms. The highest BCUT2D eigenvalue weighted by Gasteiger charge is 2.44. The van der Waals surface area contributed by atoms with Crippen LogP contribution in [-0.4, -0.2) is 110 Å². The Bertz CT molecular complexity index is 685. The number of aliphatic hydroxyl groups is 7. The van der Waals surface area contributed by atoms with E-state index in [0.29, 0.717) is 19.3 Å². The molecule has 1 heterocycles. The van der Waals surface area contributed by atoms with Crippen molar-refractivity contribution in [2.75, 3.05) is 13.2 Å². The molecule has 43 heavy (non-hydrogen) atoms. The molecule has 0 bridgehead atoms. The van der Waals surface area contributed by atoms with Crippen molar-refractivity contribution >= 4 is 5.91 Å². The molecule has 1 aliphatic rings. The first-order chi connectivity index (χ1) is 20.7. The number of carbonyl (C=O) groups excluding carboxylic acids is 1. The maximum Gasteiger partial charge on any atom is 0.249 e. The summed E-state index contributed by atoms with van der Waals surface area (Å²) in [4.78, 5) is 12.8. The van der Waals surface area contributed by atoms with Crippen LogP contribution in [0.5, 0.6) is 0 Å². The van der Waals surface area contributed by atoms with Crippen molar-refractivity contribution in [3.63, 3.8) is 0 Å². The second-order valence-electron chi connectivity index (χ2n) is 12.2. The van der Waals surface area contributed by atoms with E-state index < -0.39 is 74.2 Å². The first kappa shape index (κ1) is 40.1. The third kappa shape index (κ3) is 16.3. The number of aliphatic hydroxyl groups excluding tert-OH is 7. The smallest absolute Gasteiger partial charge is 0.249 e. The van der Waals surface area contributed by atoms with E-state index >= 15 is 0 Å². The van der Waals surface area contributed by atoms with Gasteiger partial charge in [0.25, 0.3) is 0 Å². The van der Waals surface area contributed by atoms with E-state index in [0.717, 1.165) is 44.9 Å². The van der Waals surface area contributed by atoms with Crippen LogP contribution in [-0.2, 0) is 14.3 Å². The maximum absolute atomic E-state index is 12.8. The van der Waals surface area contributed by atoms with Gasteiger partial charge in [0.15, 0.2) is 6.29 Å². The minimum Gasteiger partial charge on any atom is -0.394 e. The van der Waals surface area contributed by atoms with Gasteiger partial charge in [-0.3, -0.25) is 4.79 Å². The molecule has 1 amide bonds. The highest BCUT2D eigenvalue weighted by atomic mass is 16.7. The summed E-state index contributed by atoms with van der Waals surface area (Å²) in [6.45, 7) is 3.30. The lowest BCUT2D eigenvalue weighted by molar-refractivity contribution is -0.303. The van der Waals surface area contributed by atoms with Crippen molar-refractivity contribution < 1.29 is 50.0 Å². The normalized spacial score (nSPS) is 25.3. The van der Waals surface area contributed by atoms with E-state index in [1.807, 2.05) is 0 Å². The molecule has 11 heteroatoms. The lowest BCUT2D eigenvalue weighted by Gasteiger charge is -2.40. The number of unbranched alkanes of at least 4 members (excludes halogenated alkanes) is 14. The summed E-state index contributed by atoms with van der Waals surface area (Å²) in [5, 5.41) is 74.6. The molecule has 0 aromatic heterocycles. The molecule has 256 valence electrons. The van der Waals surface area contributed by atoms with E-state index in [1.54, 1.807) is 0 Å². The second kappa shape index (κ2) is 24.4. The van der Waals surface area contributed by atoms with Crippen LogP contribution in [0, 0.1) is 0 Å². The average molecular weight is 622 g/mol. The molecule has 11 nitrogen and oxygen atoms in total. The molecule has 1 rings (SSSR count). The summed E-state index contributed by atoms with van der Waals surface area (Å²) in [5.41, 5.74) is 0. The van der Waals surface area contributed by atoms with Crippen LogP contribution in [0.3, 0.4) is 0 Å². The van der Waals surface area contributed by atoms with E-state index in [9.17, 15) is 40.5 Å². The van der Waals surface area contributed by atoms with Gasteiger partial charge in [0.1, 0.15) is 36.6 Å². The minimum atomic E-state index is -1.65. The molecule has 0 aromatic carbocycles. The van der Waals surface area contributed by atoms with Crippen LogP contribution in [0.15, 0.2) is 0 Å². The second-order valence-corrected chi connectivity index (χ2v) is 12.2. The van der Waals surface area contributed by atoms with Gasteiger partial charge in [0.2, 0.25) is 5.91 Å². The monoisotopic (exact) mass is 621 g/mol. The molecule has 8 N–H and O–H groups in total. The van der Waals surface area contributed by atoms with Gasteiger partial charge >= 0.3 is 0 Å². The number of rotatable bonds is 26. The van der Waals surface area contributed by atoms with Gasteiger partial charge in [-0.1, -0.05) is 117 Å². The molecule has 9 atom stereocenters. The van der Waals surface area contributed by atoms with Crippen LogP contribution in [0.4, 0.5) is 0 Å². The quantitative estimate of drug-likeness (QED) is 0.0666. The number of ether oxygens (including phenoxy) is 2. The number of carbonyl (C=O) groups is 1. The van der Waals surface area contributed by atoms with E-state index in [4.69, 9.17) is 9.47 Å². The predicted molar refractivity (Wildman–Crippen MR) is 164 cm³/mol. The first-order valence-corrected chi connectivity index (χ1v) is 16.9. The van der Waals surface area contributed by atoms with Crippen molar-refractivity contribution in [3.8, 4) is 0 Å². The van der Waals surface area contributed by atoms with E-state index in [-0.39, 0.29) is 6.42 Å². The third-order valence-corrected chi connectivity index (χ3v) is 8.41. The minimum absolute atomic E-state index is 0.263. The molecule has 1 fully saturated rings. The summed E-state index contributed by atoms with van der Waals surface area (Å²) in [6, 6.07) is -1.16. The Balaban J connectivity index is 2.66. The van der Waals surface area contributed by atoms with Crippen molar-refractivity contribution in [3.05, 3.63) is 0 Å². The number of hydrogen-bond donors (Lipinski definition) is 8. The van der Waals surface area contributed by atoms with Gasteiger partial charge in [0.05, 0.1) is 25.4 Å². The molecular formula is C32H63NO10. The molecule has 0 aliphatic carbocycles. The van der Waals surface area contributed by atoms with Crippen molar-refractivity contribution in [2.24, 2.45) is 0 Å². The number of nitrogens with one attached hydrogen (secondary N) is 1. The summed E-state index contributed by atoms with van der Waals surface area (Å²) >= 11 is 0. The molecule has 9 unspecified atom stereocenters. The lowest BCUT2D eigenvalue weighted by Crippen LogP contribution is -2.60. The Morgan fingerprint density at radius 2 is 1.21 bits per heavy atom. The summed E-state index contributed by atoms with van der Waals surface area (Å²) < 4.78 is 10.9. The third-order valence-electron chi connectivity index (χ3n) is 8.41. The zero-order valence-corrected chi connectivity index (χ0v) is 26.7. The number of amides is 1. The SMILES string of the molecule is CCCCCCCCCCCC(O)C(=O)NC(COC1OC(CO)C(O)C(O)C1O)C(O)C(O)CCCCCCCCC. The average Bonchev–Trinajstić information content (AvgIpc) is 3.00. The Morgan fingerprint density at radius 3 is 1.72 bits per heavy atom. The van der Waals surface area contributed by atoms with Crippen LogP contribution < -0.4 is 5.32 Å². The zero-order chi connectivity index (χ0) is 32.0. The fraction of sp³-hybridized carbons (Fsp3) is 0.969. The largest absolute Gasteiger partial charge is 0.394 e. The fourth-order valence-electron chi connectivity index (χ4n) is 5.44. The number of hydrogen-bond acceptors (Lipinski definition) is 10. The zero-order valence-electron chi connectivity index (χ0n) is 26.7. The summed E-state index contributed by atoms with van der Waals surface area (Å²) in [7, 11) is 0. The Kier molecular flexibility index (Phi) is 22.7. The van der Waals surface area contributed by atoms with Gasteiger partial charge in [-0.25, -0.2) is 0 Å². The predicted octanol–water partition coefficient (Wildman–Crippen LogP) is 2.43. The fourth-order valence-corrected chi connectivity index (χ4v) is 5.44. The first-order valence-electron chi connectivity index (χ1n) is 16.9. The van der Waals surface area contributed by atoms with Crippen molar-refractivity contribution in [2.45, 2.75) is 184 Å². The van der Waals surface area contributed by atoms with Gasteiger partial charge in [-0.05, 0) is 12.8 Å². The Hall–Kier alpha value is -0.890. The van der Waals surface area contributed by atoms with Crippen LogP contribution in [0.1, 0.15) is 129 Å². The lowest BCUT2D eigenvalue weighted by atomic mass is 9.98. The molecule has 1 saturated heterocycles. The van der Waals surface area contributed by atoms with Gasteiger partial charge in [0, 0.05) is 0 Å². The summed E-state index contributed by atoms with van der Waals surface area (Å²) in [6.07, 6.45) is 6.39. The Morgan fingerprint density at radius 1 is 0.721 bits per heavy atom. The Labute approximate surface area is 259 Å². The highest BCUT2D eigenvalue weighted by molar-refractivity contribution is 5.80. The molecular weight excluding hydrogens is 558 g/mol. The van der Waals surface area contributed by atoms with Crippen molar-refractivity contribution in [1.82, 2.24) is 5.32 Å². The standard InChI is InChI=1S/C32H63NO10/c1-3-5-7-9-11-12-14-16-18-20-25(36)31(41)33-23(27(37)24(35)19-17-15-13-10-8-6-4-2)22-42-32-30(40)29(39)28(38)26(21-34)43-32/h23-30,32,34-40H,3-22H2,1-2H3,(H,33,41). The van der Waals surface area contributed by atoms with Gasteiger partial charge < -0.3 is 50.5 Å². The van der Waals surface area contributed by atoms with Crippen molar-refractivity contribution in [1.29, 1.82) is 0 Å². The van der Waals surface area contributed by atoms with Gasteiger partial charge in [-0.2, -0.15) is 0 Å². The van der Waals surface area contributed by atoms with Gasteiger partial charge in [-0.15, -0.1) is 0 Å².